The average molecular weight is 396 g/mol. The molecule has 2 aromatic carbocycles. The van der Waals surface area contributed by atoms with Crippen molar-refractivity contribution in [3.63, 3.8) is 0 Å². The lowest BCUT2D eigenvalue weighted by Crippen LogP contribution is -2.24. The van der Waals surface area contributed by atoms with Crippen molar-refractivity contribution in [3.8, 4) is 11.5 Å². The second-order valence-electron chi connectivity index (χ2n) is 6.06. The summed E-state index contributed by atoms with van der Waals surface area (Å²) in [5.41, 5.74) is 0.995. The van der Waals surface area contributed by atoms with Gasteiger partial charge in [0.15, 0.2) is 5.69 Å². The number of methoxy groups -OCH3 is 1. The topological polar surface area (TPSA) is 85.4 Å². The molecule has 0 atom stereocenters. The van der Waals surface area contributed by atoms with Gasteiger partial charge in [-0.3, -0.25) is 4.79 Å². The molecule has 3 rings (SSSR count). The molecule has 0 radical (unpaired) electrons. The van der Waals surface area contributed by atoms with E-state index in [9.17, 15) is 9.18 Å². The molecule has 0 fully saturated rings. The minimum absolute atomic E-state index is 0.201. The van der Waals surface area contributed by atoms with E-state index >= 15 is 0 Å². The van der Waals surface area contributed by atoms with Gasteiger partial charge in [0.25, 0.3) is 5.91 Å². The monoisotopic (exact) mass is 396 g/mol. The lowest BCUT2D eigenvalue weighted by atomic mass is 10.2. The summed E-state index contributed by atoms with van der Waals surface area (Å²) >= 11 is 0. The van der Waals surface area contributed by atoms with E-state index in [2.05, 4.69) is 20.8 Å². The first-order chi connectivity index (χ1) is 14.1. The summed E-state index contributed by atoms with van der Waals surface area (Å²) in [6.45, 7) is 1.24. The fourth-order valence-electron chi connectivity index (χ4n) is 2.44. The van der Waals surface area contributed by atoms with Crippen LogP contribution in [0.3, 0.4) is 0 Å². The highest BCUT2D eigenvalue weighted by molar-refractivity contribution is 5.92. The van der Waals surface area contributed by atoms with E-state index in [-0.39, 0.29) is 24.0 Å². The Hall–Kier alpha value is -3.68. The number of carbonyl (C=O) groups is 1. The van der Waals surface area contributed by atoms with Crippen LogP contribution in [0.15, 0.2) is 60.7 Å². The molecule has 8 heteroatoms. The zero-order valence-electron chi connectivity index (χ0n) is 15.9. The minimum atomic E-state index is -0.351. The van der Waals surface area contributed by atoms with Crippen molar-refractivity contribution in [1.29, 1.82) is 0 Å². The van der Waals surface area contributed by atoms with Crippen molar-refractivity contribution in [2.45, 2.75) is 6.54 Å². The largest absolute Gasteiger partial charge is 0.497 e. The Morgan fingerprint density at radius 2 is 1.69 bits per heavy atom. The van der Waals surface area contributed by atoms with Crippen molar-refractivity contribution >= 4 is 11.7 Å². The SMILES string of the molecule is COc1ccc(OCCNc2ccc(C(=O)NCc3ccc(F)cc3)nn2)cc1. The number of benzene rings is 2. The number of hydrogen-bond donors (Lipinski definition) is 2. The number of nitrogens with zero attached hydrogens (tertiary/aromatic N) is 2. The van der Waals surface area contributed by atoms with Crippen LogP contribution in [0.5, 0.6) is 11.5 Å². The van der Waals surface area contributed by atoms with Gasteiger partial charge >= 0.3 is 0 Å². The number of ether oxygens (including phenoxy) is 2. The highest BCUT2D eigenvalue weighted by Crippen LogP contribution is 2.16. The fourth-order valence-corrected chi connectivity index (χ4v) is 2.44. The number of aromatic nitrogens is 2. The summed E-state index contributed by atoms with van der Waals surface area (Å²) in [6, 6.07) is 16.5. The van der Waals surface area contributed by atoms with Crippen molar-refractivity contribution in [3.05, 3.63) is 77.7 Å². The van der Waals surface area contributed by atoms with E-state index in [1.54, 1.807) is 31.4 Å². The quantitative estimate of drug-likeness (QED) is 0.541. The van der Waals surface area contributed by atoms with Gasteiger partial charge in [0, 0.05) is 6.54 Å². The van der Waals surface area contributed by atoms with Crippen LogP contribution in [-0.2, 0) is 6.54 Å². The zero-order chi connectivity index (χ0) is 20.5. The van der Waals surface area contributed by atoms with E-state index in [1.807, 2.05) is 24.3 Å². The van der Waals surface area contributed by atoms with Gasteiger partial charge in [0.05, 0.1) is 13.7 Å². The van der Waals surface area contributed by atoms with Crippen LogP contribution in [0.2, 0.25) is 0 Å². The van der Waals surface area contributed by atoms with Gasteiger partial charge in [0.1, 0.15) is 29.7 Å². The maximum atomic E-state index is 12.9. The van der Waals surface area contributed by atoms with Crippen molar-refractivity contribution in [2.24, 2.45) is 0 Å². The third-order valence-electron chi connectivity index (χ3n) is 4.00. The van der Waals surface area contributed by atoms with E-state index in [0.29, 0.717) is 19.0 Å². The average Bonchev–Trinajstić information content (AvgIpc) is 2.77. The molecule has 0 aliphatic heterocycles. The zero-order valence-corrected chi connectivity index (χ0v) is 15.9. The van der Waals surface area contributed by atoms with Crippen LogP contribution in [0.25, 0.3) is 0 Å². The summed E-state index contributed by atoms with van der Waals surface area (Å²) in [4.78, 5) is 12.1. The molecule has 2 N–H and O–H groups in total. The van der Waals surface area contributed by atoms with Gasteiger partial charge in [-0.1, -0.05) is 12.1 Å². The smallest absolute Gasteiger partial charge is 0.272 e. The van der Waals surface area contributed by atoms with Gasteiger partial charge in [-0.15, -0.1) is 10.2 Å². The van der Waals surface area contributed by atoms with Crippen molar-refractivity contribution in [2.75, 3.05) is 25.6 Å². The summed E-state index contributed by atoms with van der Waals surface area (Å²) < 4.78 is 23.6. The molecule has 150 valence electrons. The molecule has 3 aromatic rings. The maximum absolute atomic E-state index is 12.9. The molecule has 0 saturated heterocycles. The van der Waals surface area contributed by atoms with Crippen molar-refractivity contribution in [1.82, 2.24) is 15.5 Å². The summed E-state index contributed by atoms with van der Waals surface area (Å²) in [6.07, 6.45) is 0. The maximum Gasteiger partial charge on any atom is 0.272 e. The molecule has 0 unspecified atom stereocenters. The Labute approximate surface area is 167 Å². The molecule has 29 heavy (non-hydrogen) atoms. The first kappa shape index (κ1) is 20.1. The highest BCUT2D eigenvalue weighted by Gasteiger charge is 2.08. The van der Waals surface area contributed by atoms with Crippen LogP contribution in [-0.4, -0.2) is 36.4 Å². The first-order valence-electron chi connectivity index (χ1n) is 9.01. The molecule has 1 aromatic heterocycles. The Bertz CT molecular complexity index is 916. The summed E-state index contributed by atoms with van der Waals surface area (Å²) in [5.74, 6) is 1.39. The molecule has 0 saturated carbocycles. The normalized spacial score (nSPS) is 10.3. The first-order valence-corrected chi connectivity index (χ1v) is 9.01. The van der Waals surface area contributed by atoms with E-state index in [4.69, 9.17) is 9.47 Å². The van der Waals surface area contributed by atoms with Crippen LogP contribution in [0.4, 0.5) is 10.2 Å². The molecule has 7 nitrogen and oxygen atoms in total. The summed E-state index contributed by atoms with van der Waals surface area (Å²) in [5, 5.41) is 13.7. The Morgan fingerprint density at radius 1 is 0.966 bits per heavy atom. The predicted octanol–water partition coefficient (Wildman–Crippen LogP) is 3.05. The van der Waals surface area contributed by atoms with Gasteiger partial charge in [-0.25, -0.2) is 4.39 Å². The van der Waals surface area contributed by atoms with Crippen LogP contribution < -0.4 is 20.1 Å². The van der Waals surface area contributed by atoms with E-state index < -0.39 is 0 Å². The number of carbonyl (C=O) groups excluding carboxylic acids is 1. The number of hydrogen-bond acceptors (Lipinski definition) is 6. The molecular formula is C21H21FN4O3. The minimum Gasteiger partial charge on any atom is -0.497 e. The standard InChI is InChI=1S/C21H21FN4O3/c1-28-17-6-8-18(9-7-17)29-13-12-23-20-11-10-19(25-26-20)21(27)24-14-15-2-4-16(22)5-3-15/h2-11H,12-14H2,1H3,(H,23,26)(H,24,27). The predicted molar refractivity (Wildman–Crippen MR) is 107 cm³/mol. The molecular weight excluding hydrogens is 375 g/mol. The lowest BCUT2D eigenvalue weighted by molar-refractivity contribution is 0.0945. The van der Waals surface area contributed by atoms with Crippen LogP contribution >= 0.6 is 0 Å². The third-order valence-corrected chi connectivity index (χ3v) is 4.00. The highest BCUT2D eigenvalue weighted by atomic mass is 19.1. The number of nitrogens with one attached hydrogen (secondary N) is 2. The Kier molecular flexibility index (Phi) is 6.94. The number of rotatable bonds is 9. The van der Waals surface area contributed by atoms with Gasteiger partial charge in [-0.05, 0) is 54.1 Å². The second-order valence-corrected chi connectivity index (χ2v) is 6.06. The molecule has 0 aliphatic carbocycles. The molecule has 1 amide bonds. The van der Waals surface area contributed by atoms with Gasteiger partial charge in [0.2, 0.25) is 0 Å². The fraction of sp³-hybridized carbons (Fsp3) is 0.190. The summed E-state index contributed by atoms with van der Waals surface area (Å²) in [7, 11) is 1.61. The van der Waals surface area contributed by atoms with Crippen LogP contribution in [0, 0.1) is 5.82 Å². The molecule has 0 aliphatic rings. The number of anilines is 1. The molecule has 0 spiro atoms. The molecule has 1 heterocycles. The number of halogens is 1. The molecule has 0 bridgehead atoms. The Morgan fingerprint density at radius 3 is 2.34 bits per heavy atom. The second kappa shape index (κ2) is 10.0. The Balaban J connectivity index is 1.40. The van der Waals surface area contributed by atoms with Crippen molar-refractivity contribution < 1.29 is 18.7 Å². The van der Waals surface area contributed by atoms with Crippen LogP contribution in [0.1, 0.15) is 16.1 Å². The number of amides is 1. The van der Waals surface area contributed by atoms with Gasteiger partial charge in [-0.2, -0.15) is 0 Å². The third kappa shape index (κ3) is 6.17. The van der Waals surface area contributed by atoms with E-state index in [0.717, 1.165) is 17.1 Å². The van der Waals surface area contributed by atoms with Gasteiger partial charge < -0.3 is 20.1 Å². The van der Waals surface area contributed by atoms with E-state index in [1.165, 1.54) is 12.1 Å². The lowest BCUT2D eigenvalue weighted by Gasteiger charge is -2.09.